The Bertz CT molecular complexity index is 346. The van der Waals surface area contributed by atoms with Gasteiger partial charge >= 0.3 is 6.18 Å². The number of hydrogen-bond acceptors (Lipinski definition) is 2. The summed E-state index contributed by atoms with van der Waals surface area (Å²) < 4.78 is 38.4. The van der Waals surface area contributed by atoms with Gasteiger partial charge in [-0.1, -0.05) is 20.8 Å². The van der Waals surface area contributed by atoms with Gasteiger partial charge in [0.15, 0.2) is 5.82 Å². The Morgan fingerprint density at radius 3 is 2.00 bits per heavy atom. The van der Waals surface area contributed by atoms with Crippen molar-refractivity contribution in [2.75, 3.05) is 0 Å². The van der Waals surface area contributed by atoms with Crippen LogP contribution in [-0.4, -0.2) is 14.8 Å². The van der Waals surface area contributed by atoms with Gasteiger partial charge in [0.05, 0.1) is 0 Å². The zero-order chi connectivity index (χ0) is 11.9. The van der Waals surface area contributed by atoms with Crippen molar-refractivity contribution < 1.29 is 13.2 Å². The van der Waals surface area contributed by atoms with E-state index in [1.165, 1.54) is 0 Å². The summed E-state index contributed by atoms with van der Waals surface area (Å²) in [6.45, 7) is 7.11. The second kappa shape index (κ2) is 3.50. The highest BCUT2D eigenvalue weighted by Gasteiger charge is 2.38. The van der Waals surface area contributed by atoms with Gasteiger partial charge in [-0.15, -0.1) is 0 Å². The van der Waals surface area contributed by atoms with E-state index in [4.69, 9.17) is 0 Å². The third-order valence-corrected chi connectivity index (χ3v) is 1.90. The van der Waals surface area contributed by atoms with Crippen LogP contribution >= 0.6 is 0 Å². The van der Waals surface area contributed by atoms with E-state index < -0.39 is 17.4 Å². The highest BCUT2D eigenvalue weighted by Crippen LogP contribution is 2.29. The van der Waals surface area contributed by atoms with Crippen LogP contribution in [0.25, 0.3) is 0 Å². The largest absolute Gasteiger partial charge is 0.451 e. The number of nitrogens with zero attached hydrogens (tertiary/aromatic N) is 3. The van der Waals surface area contributed by atoms with Crippen molar-refractivity contribution in [2.45, 2.75) is 45.8 Å². The number of rotatable bonds is 1. The van der Waals surface area contributed by atoms with E-state index in [9.17, 15) is 13.2 Å². The van der Waals surface area contributed by atoms with Gasteiger partial charge in [0.1, 0.15) is 0 Å². The van der Waals surface area contributed by atoms with E-state index in [1.807, 2.05) is 0 Å². The van der Waals surface area contributed by atoms with Crippen LogP contribution in [0.2, 0.25) is 0 Å². The fraction of sp³-hybridized carbons (Fsp3) is 0.778. The minimum absolute atomic E-state index is 0.165. The molecular weight excluding hydrogens is 207 g/mol. The minimum Gasteiger partial charge on any atom is -0.242 e. The van der Waals surface area contributed by atoms with Crippen molar-refractivity contribution in [3.63, 3.8) is 0 Å². The van der Waals surface area contributed by atoms with E-state index in [0.717, 1.165) is 4.68 Å². The van der Waals surface area contributed by atoms with Gasteiger partial charge in [-0.05, 0) is 6.92 Å². The maximum absolute atomic E-state index is 12.5. The summed E-state index contributed by atoms with van der Waals surface area (Å²) in [4.78, 5) is 3.55. The number of alkyl halides is 3. The van der Waals surface area contributed by atoms with Crippen LogP contribution < -0.4 is 0 Å². The molecule has 0 N–H and O–H groups in total. The van der Waals surface area contributed by atoms with Gasteiger partial charge in [-0.2, -0.15) is 18.3 Å². The average molecular weight is 221 g/mol. The SMILES string of the molecule is CCn1nc(C(C)(C)C)nc1C(F)(F)F. The highest BCUT2D eigenvalue weighted by molar-refractivity contribution is 5.05. The molecule has 0 aliphatic rings. The van der Waals surface area contributed by atoms with Crippen LogP contribution in [-0.2, 0) is 18.1 Å². The quantitative estimate of drug-likeness (QED) is 0.729. The molecule has 0 amide bonds. The number of aromatic nitrogens is 3. The molecule has 0 bridgehead atoms. The molecule has 86 valence electrons. The summed E-state index contributed by atoms with van der Waals surface area (Å²) in [6.07, 6.45) is -4.44. The molecule has 1 heterocycles. The molecule has 0 atom stereocenters. The monoisotopic (exact) mass is 221 g/mol. The molecule has 1 rings (SSSR count). The molecule has 6 heteroatoms. The first kappa shape index (κ1) is 12.0. The highest BCUT2D eigenvalue weighted by atomic mass is 19.4. The third kappa shape index (κ3) is 2.49. The molecule has 0 aliphatic carbocycles. The normalized spacial score (nSPS) is 13.3. The van der Waals surface area contributed by atoms with E-state index in [0.29, 0.717) is 0 Å². The third-order valence-electron chi connectivity index (χ3n) is 1.90. The van der Waals surface area contributed by atoms with E-state index >= 15 is 0 Å². The predicted octanol–water partition coefficient (Wildman–Crippen LogP) is 2.61. The second-order valence-corrected chi connectivity index (χ2v) is 4.32. The first-order valence-electron chi connectivity index (χ1n) is 4.68. The smallest absolute Gasteiger partial charge is 0.242 e. The molecule has 0 saturated heterocycles. The molecule has 3 nitrogen and oxygen atoms in total. The number of hydrogen-bond donors (Lipinski definition) is 0. The van der Waals surface area contributed by atoms with Gasteiger partial charge in [0.25, 0.3) is 0 Å². The summed E-state index contributed by atoms with van der Waals surface area (Å²) >= 11 is 0. The lowest BCUT2D eigenvalue weighted by Gasteiger charge is -2.12. The molecular formula is C9H14F3N3. The summed E-state index contributed by atoms with van der Waals surface area (Å²) in [7, 11) is 0. The van der Waals surface area contributed by atoms with E-state index in [2.05, 4.69) is 10.1 Å². The number of halogens is 3. The fourth-order valence-corrected chi connectivity index (χ4v) is 1.09. The molecule has 0 aliphatic heterocycles. The van der Waals surface area contributed by atoms with Crippen molar-refractivity contribution in [3.05, 3.63) is 11.6 Å². The van der Waals surface area contributed by atoms with Crippen LogP contribution in [0.1, 0.15) is 39.3 Å². The van der Waals surface area contributed by atoms with E-state index in [-0.39, 0.29) is 12.4 Å². The molecule has 1 aromatic heterocycles. The second-order valence-electron chi connectivity index (χ2n) is 4.32. The van der Waals surface area contributed by atoms with Crippen LogP contribution in [0.15, 0.2) is 0 Å². The Morgan fingerprint density at radius 2 is 1.73 bits per heavy atom. The van der Waals surface area contributed by atoms with Crippen LogP contribution in [0.4, 0.5) is 13.2 Å². The Balaban J connectivity index is 3.24. The van der Waals surface area contributed by atoms with Gasteiger partial charge < -0.3 is 0 Å². The zero-order valence-corrected chi connectivity index (χ0v) is 9.18. The van der Waals surface area contributed by atoms with Gasteiger partial charge in [0.2, 0.25) is 5.82 Å². The Labute approximate surface area is 86.3 Å². The zero-order valence-electron chi connectivity index (χ0n) is 9.18. The standard InChI is InChI=1S/C9H14F3N3/c1-5-15-7(9(10,11)12)13-6(14-15)8(2,3)4/h5H2,1-4H3. The van der Waals surface area contributed by atoms with E-state index in [1.54, 1.807) is 27.7 Å². The Morgan fingerprint density at radius 1 is 1.20 bits per heavy atom. The summed E-state index contributed by atoms with van der Waals surface area (Å²) in [5, 5.41) is 3.85. The first-order chi connectivity index (χ1) is 6.66. The Kier molecular flexibility index (Phi) is 2.80. The van der Waals surface area contributed by atoms with Crippen molar-refractivity contribution in [3.8, 4) is 0 Å². The minimum atomic E-state index is -4.44. The topological polar surface area (TPSA) is 30.7 Å². The number of aryl methyl sites for hydroxylation is 1. The van der Waals surface area contributed by atoms with Crippen molar-refractivity contribution in [1.29, 1.82) is 0 Å². The molecule has 0 spiro atoms. The summed E-state index contributed by atoms with van der Waals surface area (Å²) in [5.41, 5.74) is -0.472. The van der Waals surface area contributed by atoms with Gasteiger partial charge in [-0.3, -0.25) is 0 Å². The molecule has 0 aromatic carbocycles. The molecule has 15 heavy (non-hydrogen) atoms. The van der Waals surface area contributed by atoms with Crippen LogP contribution in [0.5, 0.6) is 0 Å². The van der Waals surface area contributed by atoms with Crippen LogP contribution in [0.3, 0.4) is 0 Å². The molecule has 0 unspecified atom stereocenters. The van der Waals surface area contributed by atoms with Crippen molar-refractivity contribution in [2.24, 2.45) is 0 Å². The maximum atomic E-state index is 12.5. The average Bonchev–Trinajstić information content (AvgIpc) is 2.44. The van der Waals surface area contributed by atoms with Gasteiger partial charge in [0, 0.05) is 12.0 Å². The fourth-order valence-electron chi connectivity index (χ4n) is 1.09. The summed E-state index contributed by atoms with van der Waals surface area (Å²) in [6, 6.07) is 0. The lowest BCUT2D eigenvalue weighted by Crippen LogP contribution is -2.15. The lowest BCUT2D eigenvalue weighted by atomic mass is 9.96. The lowest BCUT2D eigenvalue weighted by molar-refractivity contribution is -0.147. The molecule has 0 fully saturated rings. The van der Waals surface area contributed by atoms with Crippen LogP contribution in [0, 0.1) is 0 Å². The maximum Gasteiger partial charge on any atom is 0.451 e. The summed E-state index contributed by atoms with van der Waals surface area (Å²) in [5.74, 6) is -0.702. The van der Waals surface area contributed by atoms with Crippen molar-refractivity contribution in [1.82, 2.24) is 14.8 Å². The van der Waals surface area contributed by atoms with Gasteiger partial charge in [-0.25, -0.2) is 9.67 Å². The molecule has 1 aromatic rings. The molecule has 0 saturated carbocycles. The molecule has 0 radical (unpaired) electrons. The Hall–Kier alpha value is -1.07. The first-order valence-corrected chi connectivity index (χ1v) is 4.68. The predicted molar refractivity (Wildman–Crippen MR) is 49.4 cm³/mol. The van der Waals surface area contributed by atoms with Crippen molar-refractivity contribution >= 4 is 0 Å².